The molecule has 6 heterocycles. The van der Waals surface area contributed by atoms with Crippen molar-refractivity contribution in [3.8, 4) is 0 Å². The number of carbonyl (C=O) groups excluding carboxylic acids is 6. The van der Waals surface area contributed by atoms with Crippen LogP contribution in [0.1, 0.15) is 95.8 Å². The minimum atomic E-state index is -4.94. The minimum absolute atomic E-state index is 0.0689. The molecule has 4 aliphatic rings. The molecule has 0 N–H and O–H groups in total. The molecule has 0 radical (unpaired) electrons. The van der Waals surface area contributed by atoms with Gasteiger partial charge in [-0.3, -0.25) is 19.2 Å². The van der Waals surface area contributed by atoms with Gasteiger partial charge in [0.25, 0.3) is 23.6 Å². The average molecular weight is 827 g/mol. The van der Waals surface area contributed by atoms with Crippen LogP contribution in [0.25, 0.3) is 28.5 Å². The predicted molar refractivity (Wildman–Crippen MR) is 183 cm³/mol. The molecule has 20 nitrogen and oxygen atoms in total. The number of hydroxylamine groups is 4. The van der Waals surface area contributed by atoms with Gasteiger partial charge in [-0.05, 0) is 75.3 Å². The average Bonchev–Trinajstić information content (AvgIpc) is 4.02. The van der Waals surface area contributed by atoms with Crippen molar-refractivity contribution in [2.75, 3.05) is 11.4 Å². The first-order valence-electron chi connectivity index (χ1n) is 18.6. The van der Waals surface area contributed by atoms with Gasteiger partial charge in [-0.15, -0.1) is 20.4 Å². The lowest BCUT2D eigenvalue weighted by Gasteiger charge is -2.18. The fourth-order valence-corrected chi connectivity index (χ4v) is 6.55. The Morgan fingerprint density at radius 2 is 1.38 bits per heavy atom. The molecule has 4 amide bonds. The second-order valence-corrected chi connectivity index (χ2v) is 14.4. The quantitative estimate of drug-likeness (QED) is 0.0895. The molecule has 1 aliphatic carbocycles. The number of oxazole rings is 2. The Bertz CT molecular complexity index is 2240. The van der Waals surface area contributed by atoms with Crippen LogP contribution in [0.4, 0.5) is 5.82 Å². The molecule has 308 valence electrons. The van der Waals surface area contributed by atoms with Gasteiger partial charge in [0.05, 0.1) is 12.7 Å². The van der Waals surface area contributed by atoms with E-state index in [2.05, 4.69) is 0 Å². The monoisotopic (exact) mass is 826 g/mol. The number of amides is 4. The molecule has 3 aliphatic heterocycles. The van der Waals surface area contributed by atoms with Crippen molar-refractivity contribution in [2.24, 2.45) is 0 Å². The summed E-state index contributed by atoms with van der Waals surface area (Å²) in [6.45, 7) is 1.33. The Labute approximate surface area is 331 Å². The number of imide groups is 2. The molecule has 3 aromatic rings. The number of aromatic nitrogens is 3. The van der Waals surface area contributed by atoms with Gasteiger partial charge >= 0.3 is 23.5 Å². The van der Waals surface area contributed by atoms with Crippen LogP contribution in [0.2, 0.25) is 0 Å². The first kappa shape index (κ1) is 41.8. The van der Waals surface area contributed by atoms with Crippen molar-refractivity contribution < 1.29 is 80.7 Å². The Morgan fingerprint density at radius 1 is 0.776 bits per heavy atom. The summed E-state index contributed by atoms with van der Waals surface area (Å²) in [4.78, 5) is 92.3. The fraction of sp³-hybridized carbons (Fsp3) is 0.432. The number of fused-ring (bicyclic) bond motifs is 2. The third-order valence-corrected chi connectivity index (χ3v) is 9.36. The summed E-state index contributed by atoms with van der Waals surface area (Å²) in [6, 6.07) is 3.78. The minimum Gasteiger partial charge on any atom is -0.435 e. The van der Waals surface area contributed by atoms with Crippen molar-refractivity contribution in [3.63, 3.8) is 0 Å². The summed E-state index contributed by atoms with van der Waals surface area (Å²) in [7, 11) is -4.94. The molecule has 3 aromatic heterocycles. The highest BCUT2D eigenvalue weighted by Gasteiger charge is 2.34. The van der Waals surface area contributed by atoms with Crippen LogP contribution in [0.5, 0.6) is 0 Å². The Hall–Kier alpha value is -5.80. The number of anilines is 1. The van der Waals surface area contributed by atoms with Crippen molar-refractivity contribution in [3.05, 3.63) is 53.5 Å². The molecular formula is C37H39ClN6O14. The number of halogens is 1. The molecule has 2 saturated heterocycles. The van der Waals surface area contributed by atoms with E-state index in [4.69, 9.17) is 47.1 Å². The summed E-state index contributed by atoms with van der Waals surface area (Å²) in [5.41, 5.74) is 4.48. The molecule has 58 heavy (non-hydrogen) atoms. The number of allylic oxidation sites excluding steroid dienone is 3. The maximum atomic E-state index is 12.1. The number of rotatable bonds is 15. The van der Waals surface area contributed by atoms with Crippen molar-refractivity contribution in [1.82, 2.24) is 20.1 Å². The van der Waals surface area contributed by atoms with E-state index in [0.717, 1.165) is 48.3 Å². The Morgan fingerprint density at radius 3 is 2.00 bits per heavy atom. The third kappa shape index (κ3) is 11.0. The highest BCUT2D eigenvalue weighted by atomic mass is 35.7. The standard InChI is InChI=1S/C37H39N6O10.ClHO4/c44-28-15-16-29(45)42(28)52-32(48)11-3-1-5-19-40-21-7-9-26-34(40)38-36(50-26)24-13-14-25(23-24)37-39-35-27(51-37)10-8-22-41(35)20-6-2-4-12-33(49)53-43-30(46)17-18-31(43)47;2-1(3,4)5/h7-10,21-23H,1-6,11-20H2;(H,2,3,4,5)/q+1;/p-1. The molecule has 0 aromatic carbocycles. The van der Waals surface area contributed by atoms with E-state index in [1.54, 1.807) is 0 Å². The van der Waals surface area contributed by atoms with Crippen LogP contribution in [0, 0.1) is 10.2 Å². The zero-order valence-electron chi connectivity index (χ0n) is 31.1. The van der Waals surface area contributed by atoms with Gasteiger partial charge in [-0.2, -0.15) is 4.98 Å². The molecule has 21 heteroatoms. The summed E-state index contributed by atoms with van der Waals surface area (Å²) in [5.74, 6) is -1.86. The van der Waals surface area contributed by atoms with Gasteiger partial charge in [0.15, 0.2) is 11.2 Å². The lowest BCUT2D eigenvalue weighted by Crippen LogP contribution is -2.68. The van der Waals surface area contributed by atoms with Crippen molar-refractivity contribution in [1.29, 1.82) is 0 Å². The molecule has 0 bridgehead atoms. The van der Waals surface area contributed by atoms with Gasteiger partial charge in [0.1, 0.15) is 0 Å². The van der Waals surface area contributed by atoms with E-state index in [1.807, 2.05) is 52.2 Å². The summed E-state index contributed by atoms with van der Waals surface area (Å²) >= 11 is 0. The topological polar surface area (TPSA) is 279 Å². The van der Waals surface area contributed by atoms with Crippen LogP contribution in [-0.2, 0) is 45.0 Å². The zero-order chi connectivity index (χ0) is 41.4. The predicted octanol–water partition coefficient (Wildman–Crippen LogP) is -2.18. The normalized spacial score (nSPS) is 17.4. The third-order valence-electron chi connectivity index (χ3n) is 9.36. The van der Waals surface area contributed by atoms with Gasteiger partial charge in [-0.25, -0.2) is 32.8 Å². The lowest BCUT2D eigenvalue weighted by atomic mass is 10.2. The summed E-state index contributed by atoms with van der Waals surface area (Å²) < 4.78 is 48.3. The van der Waals surface area contributed by atoms with Crippen molar-refractivity contribution >= 4 is 69.8 Å². The molecule has 7 rings (SSSR count). The SMILES string of the molecule is O=C(CCCCCN1C=CC=c2o/c(=C3\C=C(c4nc5c(ccc[n+]5CCCCCC(=O)ON5C(=O)CCC5=O)o4)CC3)nc21)ON1C(=O)CCC1=O.[O-][Cl+3]([O-])([O-])[O-]. The second kappa shape index (κ2) is 18.6. The van der Waals surface area contributed by atoms with E-state index < -0.39 is 45.8 Å². The first-order chi connectivity index (χ1) is 27.7. The highest BCUT2D eigenvalue weighted by Crippen LogP contribution is 2.32. The number of hydrogen-bond acceptors (Lipinski definition) is 17. The van der Waals surface area contributed by atoms with E-state index >= 15 is 0 Å². The maximum absolute atomic E-state index is 12.1. The molecular weight excluding hydrogens is 788 g/mol. The molecule has 0 unspecified atom stereocenters. The molecule has 0 atom stereocenters. The smallest absolute Gasteiger partial charge is 0.370 e. The van der Waals surface area contributed by atoms with Gasteiger partial charge in [-0.1, -0.05) is 6.42 Å². The number of nitrogens with zero attached hydrogens (tertiary/aromatic N) is 6. The number of hydrogen-bond donors (Lipinski definition) is 0. The molecule has 0 spiro atoms. The number of unbranched alkanes of at least 4 members (excludes halogenated alkanes) is 4. The van der Waals surface area contributed by atoms with E-state index in [0.29, 0.717) is 71.3 Å². The Kier molecular flexibility index (Phi) is 13.4. The number of carbonyl (C=O) groups is 6. The largest absolute Gasteiger partial charge is 0.435 e. The van der Waals surface area contributed by atoms with Crippen LogP contribution in [0.3, 0.4) is 0 Å². The summed E-state index contributed by atoms with van der Waals surface area (Å²) in [6.07, 6.45) is 15.8. The van der Waals surface area contributed by atoms with Gasteiger partial charge < -0.3 is 23.4 Å². The van der Waals surface area contributed by atoms with Gasteiger partial charge in [0.2, 0.25) is 11.1 Å². The molecule has 0 saturated carbocycles. The zero-order valence-corrected chi connectivity index (χ0v) is 31.9. The second-order valence-electron chi connectivity index (χ2n) is 13.6. The molecule has 2 fully saturated rings. The van der Waals surface area contributed by atoms with Gasteiger partial charge in [0, 0.05) is 67.4 Å². The Balaban J connectivity index is 0.00000107. The van der Waals surface area contributed by atoms with Crippen LogP contribution >= 0.6 is 0 Å². The maximum Gasteiger partial charge on any atom is 0.370 e. The number of aryl methyl sites for hydroxylation is 1. The lowest BCUT2D eigenvalue weighted by molar-refractivity contribution is -2.00. The first-order valence-corrected chi connectivity index (χ1v) is 19.9. The van der Waals surface area contributed by atoms with Crippen LogP contribution < -0.4 is 39.1 Å². The fourth-order valence-electron chi connectivity index (χ4n) is 6.55. The van der Waals surface area contributed by atoms with E-state index in [-0.39, 0.29) is 38.5 Å². The summed E-state index contributed by atoms with van der Waals surface area (Å²) in [5, 5.41) is 1.16. The van der Waals surface area contributed by atoms with E-state index in [1.165, 1.54) is 0 Å². The van der Waals surface area contributed by atoms with E-state index in [9.17, 15) is 28.8 Å². The van der Waals surface area contributed by atoms with Crippen LogP contribution in [0.15, 0.2) is 45.5 Å². The number of pyridine rings is 1. The van der Waals surface area contributed by atoms with Crippen LogP contribution in [-0.4, -0.2) is 62.2 Å². The van der Waals surface area contributed by atoms with Crippen molar-refractivity contribution in [2.45, 2.75) is 96.4 Å². The highest BCUT2D eigenvalue weighted by molar-refractivity contribution is 6.02.